The Bertz CT molecular complexity index is 1080. The van der Waals surface area contributed by atoms with Crippen molar-refractivity contribution in [1.82, 2.24) is 4.31 Å². The minimum absolute atomic E-state index is 0.0257. The number of carbonyl (C=O) groups is 2. The van der Waals surface area contributed by atoms with Crippen LogP contribution in [0.25, 0.3) is 0 Å². The number of halogens is 3. The second-order valence-electron chi connectivity index (χ2n) is 6.75. The Morgan fingerprint density at radius 3 is 2.43 bits per heavy atom. The number of nitrogens with one attached hydrogen (secondary N) is 2. The fraction of sp³-hybridized carbons (Fsp3) is 0.263. The molecular formula is C19H18F3N3O4S. The van der Waals surface area contributed by atoms with Gasteiger partial charge in [-0.15, -0.1) is 0 Å². The van der Waals surface area contributed by atoms with E-state index in [-0.39, 0.29) is 22.9 Å². The van der Waals surface area contributed by atoms with E-state index in [0.29, 0.717) is 17.7 Å². The van der Waals surface area contributed by atoms with Gasteiger partial charge >= 0.3 is 6.18 Å². The summed E-state index contributed by atoms with van der Waals surface area (Å²) < 4.78 is 64.1. The third-order valence-corrected chi connectivity index (χ3v) is 6.34. The minimum atomic E-state index is -4.49. The molecule has 0 saturated carbocycles. The average Bonchev–Trinajstić information content (AvgIpc) is 2.67. The van der Waals surface area contributed by atoms with Crippen molar-refractivity contribution in [3.63, 3.8) is 0 Å². The fourth-order valence-electron chi connectivity index (χ4n) is 2.93. The zero-order valence-electron chi connectivity index (χ0n) is 15.8. The van der Waals surface area contributed by atoms with E-state index in [1.807, 2.05) is 0 Å². The van der Waals surface area contributed by atoms with Gasteiger partial charge in [-0.3, -0.25) is 9.59 Å². The maximum Gasteiger partial charge on any atom is 0.416 e. The predicted octanol–water partition coefficient (Wildman–Crippen LogP) is 2.85. The van der Waals surface area contributed by atoms with Crippen molar-refractivity contribution in [1.29, 1.82) is 0 Å². The lowest BCUT2D eigenvalue weighted by Gasteiger charge is -2.20. The van der Waals surface area contributed by atoms with Crippen LogP contribution in [0.2, 0.25) is 0 Å². The fourth-order valence-corrected chi connectivity index (χ4v) is 4.11. The molecule has 7 nitrogen and oxygen atoms in total. The van der Waals surface area contributed by atoms with Crippen molar-refractivity contribution in [3.05, 3.63) is 53.6 Å². The molecule has 11 heteroatoms. The highest BCUT2D eigenvalue weighted by molar-refractivity contribution is 7.89. The Balaban J connectivity index is 1.68. The van der Waals surface area contributed by atoms with Gasteiger partial charge in [-0.1, -0.05) is 0 Å². The van der Waals surface area contributed by atoms with Gasteiger partial charge in [-0.05, 0) is 54.4 Å². The lowest BCUT2D eigenvalue weighted by molar-refractivity contribution is -0.137. The maximum atomic E-state index is 12.8. The first-order valence-corrected chi connectivity index (χ1v) is 10.3. The first kappa shape index (κ1) is 21.8. The van der Waals surface area contributed by atoms with Gasteiger partial charge in [0.05, 0.1) is 17.0 Å². The van der Waals surface area contributed by atoms with Crippen molar-refractivity contribution in [3.8, 4) is 0 Å². The number of carbonyl (C=O) groups excluding carboxylic acids is 2. The van der Waals surface area contributed by atoms with E-state index in [4.69, 9.17) is 0 Å². The quantitative estimate of drug-likeness (QED) is 0.746. The number of sulfonamides is 1. The van der Waals surface area contributed by atoms with Crippen LogP contribution < -0.4 is 10.6 Å². The molecule has 2 N–H and O–H groups in total. The molecule has 1 aliphatic heterocycles. The molecule has 0 aliphatic carbocycles. The van der Waals surface area contributed by atoms with Crippen LogP contribution in [0.5, 0.6) is 0 Å². The topological polar surface area (TPSA) is 95.6 Å². The second kappa shape index (κ2) is 8.07. The van der Waals surface area contributed by atoms with Gasteiger partial charge in [0, 0.05) is 24.8 Å². The normalized spacial score (nSPS) is 14.2. The van der Waals surface area contributed by atoms with E-state index in [1.165, 1.54) is 25.2 Å². The Kier molecular flexibility index (Phi) is 5.86. The number of alkyl halides is 3. The predicted molar refractivity (Wildman–Crippen MR) is 103 cm³/mol. The average molecular weight is 441 g/mol. The van der Waals surface area contributed by atoms with Gasteiger partial charge in [0.2, 0.25) is 21.8 Å². The number of aryl methyl sites for hydroxylation is 1. The van der Waals surface area contributed by atoms with Crippen LogP contribution in [0.4, 0.5) is 24.5 Å². The molecular weight excluding hydrogens is 423 g/mol. The zero-order chi connectivity index (χ0) is 22.1. The summed E-state index contributed by atoms with van der Waals surface area (Å²) in [6.45, 7) is -0.531. The summed E-state index contributed by atoms with van der Waals surface area (Å²) >= 11 is 0. The third-order valence-electron chi connectivity index (χ3n) is 4.54. The molecule has 0 bridgehead atoms. The molecule has 0 unspecified atom stereocenters. The first-order valence-electron chi connectivity index (χ1n) is 8.83. The molecule has 2 aromatic carbocycles. The van der Waals surface area contributed by atoms with Gasteiger partial charge in [-0.2, -0.15) is 17.5 Å². The van der Waals surface area contributed by atoms with Crippen molar-refractivity contribution >= 4 is 33.2 Å². The van der Waals surface area contributed by atoms with Crippen molar-refractivity contribution in [2.24, 2.45) is 0 Å². The number of amides is 2. The standard InChI is InChI=1S/C19H18F3N3O4S/c1-25(11-18(27)23-14-5-3-13(4-6-14)19(20,21)22)30(28,29)15-7-8-16-12(10-15)2-9-17(26)24-16/h3-8,10H,2,9,11H2,1H3,(H,23,27)(H,24,26). The smallest absolute Gasteiger partial charge is 0.326 e. The van der Waals surface area contributed by atoms with Gasteiger partial charge in [-0.25, -0.2) is 8.42 Å². The van der Waals surface area contributed by atoms with Gasteiger partial charge in [0.25, 0.3) is 0 Å². The highest BCUT2D eigenvalue weighted by Gasteiger charge is 2.30. The summed E-state index contributed by atoms with van der Waals surface area (Å²) in [6, 6.07) is 8.11. The van der Waals surface area contributed by atoms with Gasteiger partial charge in [0.1, 0.15) is 0 Å². The molecule has 1 heterocycles. The molecule has 30 heavy (non-hydrogen) atoms. The Hall–Kier alpha value is -2.92. The third kappa shape index (κ3) is 4.79. The number of likely N-dealkylation sites (N-methyl/N-ethyl adjacent to an activating group) is 1. The lowest BCUT2D eigenvalue weighted by Crippen LogP contribution is -2.35. The maximum absolute atomic E-state index is 12.8. The Morgan fingerprint density at radius 2 is 1.80 bits per heavy atom. The van der Waals surface area contributed by atoms with Crippen LogP contribution in [-0.4, -0.2) is 38.1 Å². The lowest BCUT2D eigenvalue weighted by atomic mass is 10.0. The first-order chi connectivity index (χ1) is 14.0. The molecule has 0 saturated heterocycles. The largest absolute Gasteiger partial charge is 0.416 e. The van der Waals surface area contributed by atoms with Gasteiger partial charge in [0.15, 0.2) is 0 Å². The van der Waals surface area contributed by atoms with Crippen LogP contribution >= 0.6 is 0 Å². The highest BCUT2D eigenvalue weighted by atomic mass is 32.2. The molecule has 2 aromatic rings. The number of anilines is 2. The van der Waals surface area contributed by atoms with Crippen LogP contribution in [0.15, 0.2) is 47.4 Å². The van der Waals surface area contributed by atoms with Crippen LogP contribution in [0.3, 0.4) is 0 Å². The van der Waals surface area contributed by atoms with Crippen LogP contribution in [0.1, 0.15) is 17.5 Å². The number of hydrogen-bond donors (Lipinski definition) is 2. The van der Waals surface area contributed by atoms with Crippen molar-refractivity contribution in [2.45, 2.75) is 23.9 Å². The Labute approximate surface area is 170 Å². The molecule has 2 amide bonds. The van der Waals surface area contributed by atoms with Gasteiger partial charge < -0.3 is 10.6 Å². The van der Waals surface area contributed by atoms with E-state index in [2.05, 4.69) is 10.6 Å². The molecule has 0 aromatic heterocycles. The molecule has 0 fully saturated rings. The monoisotopic (exact) mass is 441 g/mol. The summed E-state index contributed by atoms with van der Waals surface area (Å²) in [5, 5.41) is 5.03. The second-order valence-corrected chi connectivity index (χ2v) is 8.80. The zero-order valence-corrected chi connectivity index (χ0v) is 16.6. The number of nitrogens with zero attached hydrogens (tertiary/aromatic N) is 1. The summed E-state index contributed by atoms with van der Waals surface area (Å²) in [7, 11) is -2.76. The van der Waals surface area contributed by atoms with E-state index in [9.17, 15) is 31.2 Å². The molecule has 0 radical (unpaired) electrons. The Morgan fingerprint density at radius 1 is 1.13 bits per heavy atom. The number of fused-ring (bicyclic) bond motifs is 1. The number of hydrogen-bond acceptors (Lipinski definition) is 4. The van der Waals surface area contributed by atoms with E-state index in [0.717, 1.165) is 28.6 Å². The number of rotatable bonds is 5. The van der Waals surface area contributed by atoms with E-state index in [1.54, 1.807) is 0 Å². The SMILES string of the molecule is CN(CC(=O)Nc1ccc(C(F)(F)F)cc1)S(=O)(=O)c1ccc2c(c1)CCC(=O)N2. The highest BCUT2D eigenvalue weighted by Crippen LogP contribution is 2.30. The van der Waals surface area contributed by atoms with E-state index < -0.39 is 34.2 Å². The van der Waals surface area contributed by atoms with Crippen molar-refractivity contribution in [2.75, 3.05) is 24.2 Å². The van der Waals surface area contributed by atoms with Crippen LogP contribution in [0, 0.1) is 0 Å². The summed E-state index contributed by atoms with van der Waals surface area (Å²) in [5.41, 5.74) is 0.485. The molecule has 1 aliphatic rings. The summed E-state index contributed by atoms with van der Waals surface area (Å²) in [5.74, 6) is -0.846. The van der Waals surface area contributed by atoms with Crippen molar-refractivity contribution < 1.29 is 31.2 Å². The minimum Gasteiger partial charge on any atom is -0.326 e. The molecule has 3 rings (SSSR count). The molecule has 160 valence electrons. The molecule has 0 atom stereocenters. The van der Waals surface area contributed by atoms with E-state index >= 15 is 0 Å². The van der Waals surface area contributed by atoms with Crippen LogP contribution in [-0.2, 0) is 32.2 Å². The summed E-state index contributed by atoms with van der Waals surface area (Å²) in [6.07, 6.45) is -3.83. The molecule has 0 spiro atoms. The summed E-state index contributed by atoms with van der Waals surface area (Å²) in [4.78, 5) is 23.6. The number of benzene rings is 2.